The summed E-state index contributed by atoms with van der Waals surface area (Å²) in [6.07, 6.45) is 1.52. The average Bonchev–Trinajstić information content (AvgIpc) is 2.98. The molecule has 0 aliphatic carbocycles. The van der Waals surface area contributed by atoms with Crippen molar-refractivity contribution in [2.45, 2.75) is 63.2 Å². The van der Waals surface area contributed by atoms with E-state index in [4.69, 9.17) is 14.2 Å². The van der Waals surface area contributed by atoms with Crippen molar-refractivity contribution in [2.24, 2.45) is 5.92 Å². The molecule has 0 fully saturated rings. The van der Waals surface area contributed by atoms with Gasteiger partial charge < -0.3 is 29.0 Å². The molecule has 3 heterocycles. The van der Waals surface area contributed by atoms with Gasteiger partial charge in [0.25, 0.3) is 5.56 Å². The number of benzene rings is 2. The molecule has 9 nitrogen and oxygen atoms in total. The molecule has 0 bridgehead atoms. The summed E-state index contributed by atoms with van der Waals surface area (Å²) in [5.74, 6) is 0.533. The molecule has 1 amide bonds. The van der Waals surface area contributed by atoms with Crippen molar-refractivity contribution in [2.75, 3.05) is 20.8 Å². The number of amides is 1. The number of aliphatic hydroxyl groups is 1. The van der Waals surface area contributed by atoms with Gasteiger partial charge >= 0.3 is 0 Å². The van der Waals surface area contributed by atoms with E-state index in [9.17, 15) is 19.5 Å². The molecule has 0 radical (unpaired) electrons. The van der Waals surface area contributed by atoms with Crippen LogP contribution in [0.4, 0.5) is 0 Å². The van der Waals surface area contributed by atoms with Gasteiger partial charge in [-0.3, -0.25) is 14.2 Å². The summed E-state index contributed by atoms with van der Waals surface area (Å²) < 4.78 is 19.3. The molecule has 0 spiro atoms. The van der Waals surface area contributed by atoms with Crippen molar-refractivity contribution in [3.8, 4) is 17.2 Å². The second-order valence-electron chi connectivity index (χ2n) is 11.9. The van der Waals surface area contributed by atoms with E-state index in [1.54, 1.807) is 36.4 Å². The number of hydrogen-bond acceptors (Lipinski definition) is 7. The number of carbonyl (C=O) groups excluding carboxylic acids is 1. The molecule has 0 saturated carbocycles. The third-order valence-electron chi connectivity index (χ3n) is 8.81. The summed E-state index contributed by atoms with van der Waals surface area (Å²) >= 11 is 0. The van der Waals surface area contributed by atoms with E-state index in [-0.39, 0.29) is 48.3 Å². The number of fused-ring (bicyclic) bond motifs is 2. The monoisotopic (exact) mass is 592 g/mol. The number of rotatable bonds is 8. The van der Waals surface area contributed by atoms with Crippen LogP contribution in [-0.4, -0.2) is 66.6 Å². The van der Waals surface area contributed by atoms with Crippen molar-refractivity contribution in [3.05, 3.63) is 87.8 Å². The predicted molar refractivity (Wildman–Crippen MR) is 162 cm³/mol. The minimum absolute atomic E-state index is 0.104. The maximum atomic E-state index is 13.9. The first-order chi connectivity index (χ1) is 20.1. The number of aromatic nitrogens is 1. The van der Waals surface area contributed by atoms with E-state index < -0.39 is 20.0 Å². The zero-order valence-corrected chi connectivity index (χ0v) is 25.8. The Bertz CT molecular complexity index is 1500. The molecule has 224 valence electrons. The normalized spacial score (nSPS) is 22.5. The minimum atomic E-state index is -2.94. The number of nitrogens with zero attached hydrogens (tertiary/aromatic N) is 2. The van der Waals surface area contributed by atoms with Gasteiger partial charge in [0.1, 0.15) is 11.9 Å². The predicted octanol–water partition coefficient (Wildman–Crippen LogP) is 3.83. The molecule has 10 heteroatoms. The third kappa shape index (κ3) is 5.64. The van der Waals surface area contributed by atoms with Gasteiger partial charge in [0.15, 0.2) is 14.1 Å². The van der Waals surface area contributed by atoms with Gasteiger partial charge in [-0.05, 0) is 61.0 Å². The van der Waals surface area contributed by atoms with Gasteiger partial charge in [-0.25, -0.2) is 0 Å². The third-order valence-corrected chi connectivity index (χ3v) is 11.2. The Balaban J connectivity index is 1.45. The fourth-order valence-corrected chi connectivity index (χ4v) is 8.31. The Morgan fingerprint density at radius 3 is 2.52 bits per heavy atom. The van der Waals surface area contributed by atoms with Gasteiger partial charge in [-0.2, -0.15) is 0 Å². The van der Waals surface area contributed by atoms with Crippen LogP contribution < -0.4 is 15.0 Å². The molecule has 0 saturated heterocycles. The van der Waals surface area contributed by atoms with Crippen LogP contribution in [0.3, 0.4) is 0 Å². The number of hydrogen-bond donors (Lipinski definition) is 2. The van der Waals surface area contributed by atoms with Crippen molar-refractivity contribution in [3.63, 3.8) is 0 Å². The van der Waals surface area contributed by atoms with Gasteiger partial charge in [0.2, 0.25) is 5.91 Å². The molecule has 3 aromatic rings. The number of aliphatic hydroxyl groups excluding tert-OH is 1. The van der Waals surface area contributed by atoms with Gasteiger partial charge in [0, 0.05) is 49.0 Å². The van der Waals surface area contributed by atoms with Crippen LogP contribution in [0.1, 0.15) is 36.1 Å². The molecule has 5 atom stereocenters. The molecular weight excluding hydrogens is 552 g/mol. The molecule has 2 aliphatic rings. The topological polar surface area (TPSA) is 110 Å². The Morgan fingerprint density at radius 1 is 1.12 bits per heavy atom. The van der Waals surface area contributed by atoms with Gasteiger partial charge in [-0.1, -0.05) is 31.2 Å². The van der Waals surface area contributed by atoms with E-state index in [0.717, 1.165) is 16.7 Å². The summed E-state index contributed by atoms with van der Waals surface area (Å²) in [7, 11) is 0.158. The highest BCUT2D eigenvalue weighted by Crippen LogP contribution is 2.47. The van der Waals surface area contributed by atoms with Crippen molar-refractivity contribution in [1.82, 2.24) is 9.47 Å². The first-order valence-corrected chi connectivity index (χ1v) is 17.4. The Kier molecular flexibility index (Phi) is 8.61. The Labute approximate surface area is 247 Å². The van der Waals surface area contributed by atoms with Crippen molar-refractivity contribution < 1.29 is 28.9 Å². The van der Waals surface area contributed by atoms with E-state index in [2.05, 4.69) is 0 Å². The second kappa shape index (κ2) is 12.0. The summed E-state index contributed by atoms with van der Waals surface area (Å²) in [5, 5.41) is 10.1. The van der Waals surface area contributed by atoms with E-state index in [0.29, 0.717) is 24.4 Å². The zero-order chi connectivity index (χ0) is 30.2. The van der Waals surface area contributed by atoms with Crippen LogP contribution in [-0.2, 0) is 22.5 Å². The smallest absolute Gasteiger partial charge is 0.297 e. The van der Waals surface area contributed by atoms with Crippen LogP contribution >= 0.6 is 0 Å². The average molecular weight is 593 g/mol. The lowest BCUT2D eigenvalue weighted by Gasteiger charge is -2.44. The molecular formula is C32H40N2O7Si. The van der Waals surface area contributed by atoms with Crippen LogP contribution in [0, 0.1) is 5.92 Å². The molecule has 5 rings (SSSR count). The molecule has 42 heavy (non-hydrogen) atoms. The van der Waals surface area contributed by atoms with E-state index in [1.165, 1.54) is 11.7 Å². The van der Waals surface area contributed by atoms with Crippen molar-refractivity contribution >= 4 is 14.2 Å². The van der Waals surface area contributed by atoms with Crippen molar-refractivity contribution in [1.29, 1.82) is 0 Å². The molecule has 2 aliphatic heterocycles. The number of methoxy groups -OCH3 is 2. The maximum Gasteiger partial charge on any atom is 0.297 e. The molecule has 1 unspecified atom stereocenters. The van der Waals surface area contributed by atoms with Crippen LogP contribution in [0.5, 0.6) is 11.5 Å². The number of carbonyl (C=O) groups is 1. The Morgan fingerprint density at radius 2 is 1.86 bits per heavy atom. The fourth-order valence-electron chi connectivity index (χ4n) is 6.46. The lowest BCUT2D eigenvalue weighted by molar-refractivity contribution is -0.136. The highest BCUT2D eigenvalue weighted by molar-refractivity contribution is 6.71. The zero-order valence-electron chi connectivity index (χ0n) is 24.8. The van der Waals surface area contributed by atoms with E-state index >= 15 is 0 Å². The fraction of sp³-hybridized carbons (Fsp3) is 0.438. The highest BCUT2D eigenvalue weighted by Gasteiger charge is 2.48. The SMILES string of the molecule is COc1cccn(-c2ccc3c(c2)[C@@H](OC)[C@H](C)[C@@H](C(CC(=O)N2Cc4ccccc4C[C@H]2CO)[Si](C)(C)O)O3)c1=O. The summed E-state index contributed by atoms with van der Waals surface area (Å²) in [5.41, 5.74) is 2.97. The number of pyridine rings is 1. The molecule has 2 N–H and O–H groups in total. The summed E-state index contributed by atoms with van der Waals surface area (Å²) in [6, 6.07) is 16.6. The summed E-state index contributed by atoms with van der Waals surface area (Å²) in [6.45, 7) is 5.99. The second-order valence-corrected chi connectivity index (χ2v) is 15.9. The standard InChI is InChI=1S/C32H40N2O7Si/c1-20-30(40-3)25-16-23(33-14-8-11-27(39-2)32(33)37)12-13-26(25)41-31(20)28(42(4,5)38)17-29(36)34-18-22-10-7-6-9-21(22)15-24(34)19-35/h6-14,16,20,24,28,30-31,35,38H,15,17-19H2,1-5H3/t20-,24-,28?,30-,31-/m0/s1. The molecule has 1 aromatic heterocycles. The largest absolute Gasteiger partial charge is 0.491 e. The highest BCUT2D eigenvalue weighted by atomic mass is 28.4. The minimum Gasteiger partial charge on any atom is -0.491 e. The first kappa shape index (κ1) is 30.0. The molecule has 2 aromatic carbocycles. The van der Waals surface area contributed by atoms with Gasteiger partial charge in [0.05, 0.1) is 25.9 Å². The number of ether oxygens (including phenoxy) is 3. The van der Waals surface area contributed by atoms with Crippen LogP contribution in [0.2, 0.25) is 18.6 Å². The van der Waals surface area contributed by atoms with Crippen LogP contribution in [0.15, 0.2) is 65.6 Å². The quantitative estimate of drug-likeness (QED) is 0.383. The first-order valence-electron chi connectivity index (χ1n) is 14.4. The van der Waals surface area contributed by atoms with E-state index in [1.807, 2.05) is 56.4 Å². The maximum absolute atomic E-state index is 13.9. The Hall–Kier alpha value is -3.44. The van der Waals surface area contributed by atoms with Crippen LogP contribution in [0.25, 0.3) is 5.69 Å². The van der Waals surface area contributed by atoms with Gasteiger partial charge in [-0.15, -0.1) is 0 Å². The lowest BCUT2D eigenvalue weighted by atomic mass is 9.86. The summed E-state index contributed by atoms with van der Waals surface area (Å²) in [4.78, 5) is 40.0. The lowest BCUT2D eigenvalue weighted by Crippen LogP contribution is -2.52.